The molecule has 0 unspecified atom stereocenters. The molecule has 1 amide bonds. The van der Waals surface area contributed by atoms with Crippen LogP contribution in [0.2, 0.25) is 5.02 Å². The van der Waals surface area contributed by atoms with Gasteiger partial charge in [-0.3, -0.25) is 4.79 Å². The number of benzene rings is 2. The minimum atomic E-state index is -0.695. The Morgan fingerprint density at radius 2 is 1.91 bits per heavy atom. The molecule has 0 radical (unpaired) electrons. The van der Waals surface area contributed by atoms with Crippen LogP contribution in [0.5, 0.6) is 0 Å². The second kappa shape index (κ2) is 6.07. The van der Waals surface area contributed by atoms with Crippen LogP contribution in [0.4, 0.5) is 11.4 Å². The first kappa shape index (κ1) is 14.4. The highest BCUT2D eigenvalue weighted by molar-refractivity contribution is 6.30. The SMILES string of the molecule is CC1=NN(c2ccccc2)C(=O)[C@@H]1N=Nc1cccc(Cl)c1. The summed E-state index contributed by atoms with van der Waals surface area (Å²) >= 11 is 5.90. The van der Waals surface area contributed by atoms with Crippen LogP contribution in [0.3, 0.4) is 0 Å². The van der Waals surface area contributed by atoms with Crippen LogP contribution >= 0.6 is 11.6 Å². The molecule has 1 aliphatic heterocycles. The van der Waals surface area contributed by atoms with Crippen molar-refractivity contribution < 1.29 is 4.79 Å². The summed E-state index contributed by atoms with van der Waals surface area (Å²) in [7, 11) is 0. The summed E-state index contributed by atoms with van der Waals surface area (Å²) in [5, 5.41) is 14.4. The molecule has 22 heavy (non-hydrogen) atoms. The fraction of sp³-hybridized carbons (Fsp3) is 0.125. The molecular formula is C16H13ClN4O. The first-order valence-electron chi connectivity index (χ1n) is 6.76. The Kier molecular flexibility index (Phi) is 3.98. The van der Waals surface area contributed by atoms with E-state index in [1.807, 2.05) is 30.3 Å². The minimum Gasteiger partial charge on any atom is -0.269 e. The highest BCUT2D eigenvalue weighted by atomic mass is 35.5. The number of halogens is 1. The third-order valence-electron chi connectivity index (χ3n) is 3.19. The summed E-state index contributed by atoms with van der Waals surface area (Å²) in [6.07, 6.45) is 0. The Morgan fingerprint density at radius 1 is 1.14 bits per heavy atom. The van der Waals surface area contributed by atoms with Gasteiger partial charge in [0.15, 0.2) is 6.04 Å². The molecule has 0 spiro atoms. The van der Waals surface area contributed by atoms with Gasteiger partial charge in [-0.1, -0.05) is 35.9 Å². The Balaban J connectivity index is 1.82. The average molecular weight is 313 g/mol. The fourth-order valence-electron chi connectivity index (χ4n) is 2.11. The average Bonchev–Trinajstić information content (AvgIpc) is 2.81. The molecule has 0 bridgehead atoms. The number of rotatable bonds is 3. The molecule has 0 aromatic heterocycles. The molecule has 1 heterocycles. The normalized spacial score (nSPS) is 18.1. The zero-order chi connectivity index (χ0) is 15.5. The van der Waals surface area contributed by atoms with Gasteiger partial charge in [-0.2, -0.15) is 20.3 Å². The number of amides is 1. The van der Waals surface area contributed by atoms with Gasteiger partial charge in [-0.25, -0.2) is 0 Å². The van der Waals surface area contributed by atoms with Gasteiger partial charge in [0.05, 0.1) is 17.1 Å². The highest BCUT2D eigenvalue weighted by Gasteiger charge is 2.34. The monoisotopic (exact) mass is 312 g/mol. The van der Waals surface area contributed by atoms with E-state index in [0.717, 1.165) is 0 Å². The van der Waals surface area contributed by atoms with E-state index in [1.165, 1.54) is 5.01 Å². The quantitative estimate of drug-likeness (QED) is 0.783. The van der Waals surface area contributed by atoms with Crippen LogP contribution in [-0.2, 0) is 4.79 Å². The van der Waals surface area contributed by atoms with Gasteiger partial charge in [0, 0.05) is 5.02 Å². The lowest BCUT2D eigenvalue weighted by atomic mass is 10.2. The van der Waals surface area contributed by atoms with Crippen molar-refractivity contribution >= 4 is 34.6 Å². The van der Waals surface area contributed by atoms with Crippen molar-refractivity contribution in [1.82, 2.24) is 0 Å². The smallest absolute Gasteiger partial charge is 0.269 e. The Hall–Kier alpha value is -2.53. The van der Waals surface area contributed by atoms with E-state index in [9.17, 15) is 4.79 Å². The lowest BCUT2D eigenvalue weighted by molar-refractivity contribution is -0.117. The lowest BCUT2D eigenvalue weighted by Gasteiger charge is -2.11. The number of azo groups is 1. The van der Waals surface area contributed by atoms with E-state index in [-0.39, 0.29) is 5.91 Å². The van der Waals surface area contributed by atoms with E-state index in [1.54, 1.807) is 31.2 Å². The van der Waals surface area contributed by atoms with Gasteiger partial charge < -0.3 is 0 Å². The second-order valence-electron chi connectivity index (χ2n) is 4.82. The van der Waals surface area contributed by atoms with Crippen molar-refractivity contribution in [3.63, 3.8) is 0 Å². The maximum Gasteiger partial charge on any atom is 0.280 e. The number of carbonyl (C=O) groups is 1. The molecule has 2 aromatic rings. The predicted octanol–water partition coefficient (Wildman–Crippen LogP) is 4.22. The van der Waals surface area contributed by atoms with E-state index in [0.29, 0.717) is 22.1 Å². The largest absolute Gasteiger partial charge is 0.280 e. The molecule has 5 nitrogen and oxygen atoms in total. The maximum absolute atomic E-state index is 12.4. The summed E-state index contributed by atoms with van der Waals surface area (Å²) < 4.78 is 0. The summed E-state index contributed by atoms with van der Waals surface area (Å²) in [5.41, 5.74) is 1.93. The topological polar surface area (TPSA) is 57.4 Å². The van der Waals surface area contributed by atoms with Crippen molar-refractivity contribution in [2.45, 2.75) is 13.0 Å². The first-order valence-corrected chi connectivity index (χ1v) is 7.13. The van der Waals surface area contributed by atoms with Crippen molar-refractivity contribution in [2.24, 2.45) is 15.3 Å². The van der Waals surface area contributed by atoms with Crippen LogP contribution < -0.4 is 5.01 Å². The van der Waals surface area contributed by atoms with Crippen molar-refractivity contribution in [2.75, 3.05) is 5.01 Å². The highest BCUT2D eigenvalue weighted by Crippen LogP contribution is 2.24. The lowest BCUT2D eigenvalue weighted by Crippen LogP contribution is -2.29. The molecule has 0 fully saturated rings. The van der Waals surface area contributed by atoms with Crippen LogP contribution in [0.25, 0.3) is 0 Å². The second-order valence-corrected chi connectivity index (χ2v) is 5.26. The summed E-state index contributed by atoms with van der Waals surface area (Å²) in [5.74, 6) is -0.213. The molecule has 2 aromatic carbocycles. The molecule has 3 rings (SSSR count). The zero-order valence-corrected chi connectivity index (χ0v) is 12.6. The Bertz CT molecular complexity index is 758. The molecule has 0 N–H and O–H groups in total. The summed E-state index contributed by atoms with van der Waals surface area (Å²) in [4.78, 5) is 12.4. The number of nitrogens with zero attached hydrogens (tertiary/aromatic N) is 4. The molecular weight excluding hydrogens is 300 g/mol. The summed E-state index contributed by atoms with van der Waals surface area (Å²) in [6.45, 7) is 1.77. The van der Waals surface area contributed by atoms with Gasteiger partial charge in [0.1, 0.15) is 0 Å². The van der Waals surface area contributed by atoms with Crippen LogP contribution in [0.1, 0.15) is 6.92 Å². The van der Waals surface area contributed by atoms with Crippen LogP contribution in [0, 0.1) is 0 Å². The van der Waals surface area contributed by atoms with Gasteiger partial charge in [0.2, 0.25) is 0 Å². The van der Waals surface area contributed by atoms with E-state index in [2.05, 4.69) is 15.3 Å². The van der Waals surface area contributed by atoms with Crippen LogP contribution in [-0.4, -0.2) is 17.7 Å². The Morgan fingerprint density at radius 3 is 2.64 bits per heavy atom. The van der Waals surface area contributed by atoms with Crippen molar-refractivity contribution in [1.29, 1.82) is 0 Å². The number of para-hydroxylation sites is 1. The molecule has 0 aliphatic carbocycles. The number of hydrogen-bond acceptors (Lipinski definition) is 4. The number of hydrogen-bond donors (Lipinski definition) is 0. The molecule has 1 atom stereocenters. The van der Waals surface area contributed by atoms with Gasteiger partial charge >= 0.3 is 0 Å². The van der Waals surface area contributed by atoms with E-state index in [4.69, 9.17) is 11.6 Å². The van der Waals surface area contributed by atoms with E-state index >= 15 is 0 Å². The van der Waals surface area contributed by atoms with Crippen LogP contribution in [0.15, 0.2) is 69.9 Å². The minimum absolute atomic E-state index is 0.213. The van der Waals surface area contributed by atoms with Gasteiger partial charge in [-0.05, 0) is 37.3 Å². The molecule has 6 heteroatoms. The van der Waals surface area contributed by atoms with Gasteiger partial charge in [0.25, 0.3) is 5.91 Å². The number of hydrazone groups is 1. The molecule has 0 saturated heterocycles. The van der Waals surface area contributed by atoms with Crippen molar-refractivity contribution in [3.05, 3.63) is 59.6 Å². The molecule has 0 saturated carbocycles. The van der Waals surface area contributed by atoms with Gasteiger partial charge in [-0.15, -0.1) is 0 Å². The first-order chi connectivity index (χ1) is 10.6. The summed E-state index contributed by atoms with van der Waals surface area (Å²) in [6, 6.07) is 15.5. The molecule has 1 aliphatic rings. The zero-order valence-electron chi connectivity index (χ0n) is 11.8. The third kappa shape index (κ3) is 2.89. The number of carbonyl (C=O) groups excluding carboxylic acids is 1. The number of anilines is 1. The molecule has 110 valence electrons. The fourth-order valence-corrected chi connectivity index (χ4v) is 2.29. The van der Waals surface area contributed by atoms with E-state index < -0.39 is 6.04 Å². The third-order valence-corrected chi connectivity index (χ3v) is 3.43. The maximum atomic E-state index is 12.4. The Labute approximate surface area is 132 Å². The standard InChI is InChI=1S/C16H13ClN4O/c1-11-15(19-18-13-7-5-6-12(17)10-13)16(22)21(20-11)14-8-3-2-4-9-14/h2-10,15H,1H3/t15-/m1/s1. The predicted molar refractivity (Wildman–Crippen MR) is 86.8 cm³/mol. The van der Waals surface area contributed by atoms with Crippen molar-refractivity contribution in [3.8, 4) is 0 Å².